The summed E-state index contributed by atoms with van der Waals surface area (Å²) in [6.07, 6.45) is -1.53. The number of ether oxygens (including phenoxy) is 1. The molecule has 3 aromatic rings. The number of anilines is 1. The summed E-state index contributed by atoms with van der Waals surface area (Å²) >= 11 is 0. The average molecular weight is 444 g/mol. The molecule has 0 aliphatic carbocycles. The van der Waals surface area contributed by atoms with Gasteiger partial charge in [-0.3, -0.25) is 14.4 Å². The second kappa shape index (κ2) is 9.57. The number of methoxy groups -OCH3 is 1. The van der Waals surface area contributed by atoms with Gasteiger partial charge in [0.2, 0.25) is 0 Å². The van der Waals surface area contributed by atoms with Gasteiger partial charge in [-0.25, -0.2) is 12.8 Å². The lowest BCUT2D eigenvalue weighted by Gasteiger charge is -2.25. The van der Waals surface area contributed by atoms with E-state index >= 15 is 0 Å². The number of hydrogen-bond acceptors (Lipinski definition) is 5. The van der Waals surface area contributed by atoms with Gasteiger partial charge in [0.1, 0.15) is 11.9 Å². The molecular formula is C22H21FN2O5S. The van der Waals surface area contributed by atoms with Crippen LogP contribution in [0.5, 0.6) is 5.75 Å². The van der Waals surface area contributed by atoms with Crippen LogP contribution in [0.1, 0.15) is 18.2 Å². The second-order valence-electron chi connectivity index (χ2n) is 6.67. The Morgan fingerprint density at radius 3 is 2.23 bits per heavy atom. The zero-order valence-electron chi connectivity index (χ0n) is 16.7. The van der Waals surface area contributed by atoms with E-state index in [1.165, 1.54) is 37.4 Å². The van der Waals surface area contributed by atoms with Gasteiger partial charge in [0.25, 0.3) is 15.7 Å². The predicted octanol–water partition coefficient (Wildman–Crippen LogP) is 4.90. The number of rotatable bonds is 9. The van der Waals surface area contributed by atoms with Gasteiger partial charge in [0, 0.05) is 19.0 Å². The van der Waals surface area contributed by atoms with E-state index in [0.29, 0.717) is 11.3 Å². The van der Waals surface area contributed by atoms with Gasteiger partial charge in [-0.1, -0.05) is 42.5 Å². The first-order valence-electron chi connectivity index (χ1n) is 9.44. The van der Waals surface area contributed by atoms with E-state index in [1.807, 2.05) is 0 Å². The lowest BCUT2D eigenvalue weighted by Crippen LogP contribution is -2.33. The van der Waals surface area contributed by atoms with Crippen LogP contribution in [0.2, 0.25) is 0 Å². The Balaban J connectivity index is 2.00. The van der Waals surface area contributed by atoms with Gasteiger partial charge in [0.05, 0.1) is 17.7 Å². The molecule has 3 aromatic carbocycles. The molecule has 0 fully saturated rings. The molecule has 0 saturated carbocycles. The first-order valence-corrected chi connectivity index (χ1v) is 10.9. The van der Waals surface area contributed by atoms with Crippen LogP contribution in [0.15, 0.2) is 83.8 Å². The molecule has 9 heteroatoms. The standard InChI is InChI=1S/C22H21FN2O5S/c1-30-19-13-11-18(12-14-19)24(16-15-20(23)17-7-3-2-4-8-17)31(28,29)22-10-6-5-9-21(22)25(26)27/h2-14,20H,15-16H2,1H3/t20-/m1/s1. The highest BCUT2D eigenvalue weighted by atomic mass is 32.2. The van der Waals surface area contributed by atoms with Gasteiger partial charge in [-0.2, -0.15) is 0 Å². The van der Waals surface area contributed by atoms with E-state index in [4.69, 9.17) is 4.74 Å². The van der Waals surface area contributed by atoms with Crippen LogP contribution in [0, 0.1) is 10.1 Å². The van der Waals surface area contributed by atoms with Crippen LogP contribution >= 0.6 is 0 Å². The maximum absolute atomic E-state index is 14.8. The molecule has 0 unspecified atom stereocenters. The molecule has 0 bridgehead atoms. The Bertz CT molecular complexity index is 1140. The van der Waals surface area contributed by atoms with Gasteiger partial charge in [-0.15, -0.1) is 0 Å². The number of hydrogen-bond donors (Lipinski definition) is 0. The summed E-state index contributed by atoms with van der Waals surface area (Å²) in [5.41, 5.74) is 0.139. The zero-order chi connectivity index (χ0) is 22.4. The maximum Gasteiger partial charge on any atom is 0.289 e. The number of para-hydroxylation sites is 1. The van der Waals surface area contributed by atoms with Gasteiger partial charge < -0.3 is 4.74 Å². The van der Waals surface area contributed by atoms with Crippen molar-refractivity contribution in [3.63, 3.8) is 0 Å². The summed E-state index contributed by atoms with van der Waals surface area (Å²) in [6, 6.07) is 19.7. The Morgan fingerprint density at radius 2 is 1.61 bits per heavy atom. The fourth-order valence-corrected chi connectivity index (χ4v) is 4.78. The van der Waals surface area contributed by atoms with Crippen molar-refractivity contribution in [2.45, 2.75) is 17.5 Å². The number of halogens is 1. The number of nitro benzene ring substituents is 1. The van der Waals surface area contributed by atoms with Crippen molar-refractivity contribution in [2.75, 3.05) is 18.0 Å². The Kier molecular flexibility index (Phi) is 6.86. The molecular weight excluding hydrogens is 423 g/mol. The minimum Gasteiger partial charge on any atom is -0.497 e. The lowest BCUT2D eigenvalue weighted by atomic mass is 10.1. The van der Waals surface area contributed by atoms with Crippen molar-refractivity contribution >= 4 is 21.4 Å². The largest absolute Gasteiger partial charge is 0.497 e. The number of alkyl halides is 1. The van der Waals surface area contributed by atoms with E-state index in [9.17, 15) is 22.9 Å². The maximum atomic E-state index is 14.8. The Labute approximate surface area is 179 Å². The molecule has 0 heterocycles. The molecule has 162 valence electrons. The highest BCUT2D eigenvalue weighted by Gasteiger charge is 2.32. The van der Waals surface area contributed by atoms with Crippen LogP contribution in [0.4, 0.5) is 15.8 Å². The summed E-state index contributed by atoms with van der Waals surface area (Å²) in [4.78, 5) is 10.2. The van der Waals surface area contributed by atoms with Crippen LogP contribution in [-0.2, 0) is 10.0 Å². The van der Waals surface area contributed by atoms with E-state index < -0.39 is 31.7 Å². The van der Waals surface area contributed by atoms with Crippen molar-refractivity contribution in [3.05, 3.63) is 94.5 Å². The molecule has 0 aromatic heterocycles. The highest BCUT2D eigenvalue weighted by molar-refractivity contribution is 7.93. The summed E-state index contributed by atoms with van der Waals surface area (Å²) in [5, 5.41) is 11.4. The van der Waals surface area contributed by atoms with Crippen molar-refractivity contribution in [2.24, 2.45) is 0 Å². The predicted molar refractivity (Wildman–Crippen MR) is 116 cm³/mol. The first-order chi connectivity index (χ1) is 14.8. The monoisotopic (exact) mass is 444 g/mol. The van der Waals surface area contributed by atoms with Crippen molar-refractivity contribution < 1.29 is 22.5 Å². The highest BCUT2D eigenvalue weighted by Crippen LogP contribution is 2.32. The number of nitrogens with zero attached hydrogens (tertiary/aromatic N) is 2. The zero-order valence-corrected chi connectivity index (χ0v) is 17.5. The summed E-state index contributed by atoms with van der Waals surface area (Å²) in [6.45, 7) is -0.212. The average Bonchev–Trinajstić information content (AvgIpc) is 2.80. The van der Waals surface area contributed by atoms with Crippen LogP contribution in [-0.4, -0.2) is 27.0 Å². The summed E-state index contributed by atoms with van der Waals surface area (Å²) < 4.78 is 47.7. The Hall–Kier alpha value is -3.46. The minimum atomic E-state index is -4.34. The van der Waals surface area contributed by atoms with Crippen LogP contribution in [0.25, 0.3) is 0 Å². The molecule has 0 radical (unpaired) electrons. The first kappa shape index (κ1) is 22.2. The summed E-state index contributed by atoms with van der Waals surface area (Å²) in [5.74, 6) is 0.513. The van der Waals surface area contributed by atoms with Crippen molar-refractivity contribution in [1.82, 2.24) is 0 Å². The van der Waals surface area contributed by atoms with Crippen LogP contribution in [0.3, 0.4) is 0 Å². The molecule has 0 amide bonds. The summed E-state index contributed by atoms with van der Waals surface area (Å²) in [7, 11) is -2.87. The third kappa shape index (κ3) is 5.00. The molecule has 7 nitrogen and oxygen atoms in total. The molecule has 1 atom stereocenters. The second-order valence-corrected chi connectivity index (χ2v) is 8.50. The molecule has 0 spiro atoms. The van der Waals surface area contributed by atoms with E-state index in [0.717, 1.165) is 10.4 Å². The third-order valence-corrected chi connectivity index (χ3v) is 6.61. The molecule has 0 aliphatic rings. The smallest absolute Gasteiger partial charge is 0.289 e. The Morgan fingerprint density at radius 1 is 1.00 bits per heavy atom. The van der Waals surface area contributed by atoms with Crippen LogP contribution < -0.4 is 9.04 Å². The molecule has 0 saturated heterocycles. The number of nitro groups is 1. The fraction of sp³-hybridized carbons (Fsp3) is 0.182. The van der Waals surface area contributed by atoms with E-state index in [1.54, 1.807) is 42.5 Å². The van der Waals surface area contributed by atoms with Gasteiger partial charge >= 0.3 is 0 Å². The van der Waals surface area contributed by atoms with E-state index in [2.05, 4.69) is 0 Å². The quantitative estimate of drug-likeness (QED) is 0.346. The minimum absolute atomic E-state index is 0.129. The third-order valence-electron chi connectivity index (χ3n) is 4.74. The number of benzene rings is 3. The van der Waals surface area contributed by atoms with E-state index in [-0.39, 0.29) is 18.7 Å². The normalized spacial score (nSPS) is 12.2. The molecule has 0 aliphatic heterocycles. The van der Waals surface area contributed by atoms with Gasteiger partial charge in [-0.05, 0) is 35.9 Å². The molecule has 3 rings (SSSR count). The lowest BCUT2D eigenvalue weighted by molar-refractivity contribution is -0.387. The van der Waals surface area contributed by atoms with Crippen molar-refractivity contribution in [1.29, 1.82) is 0 Å². The fourth-order valence-electron chi connectivity index (χ4n) is 3.14. The topological polar surface area (TPSA) is 89.8 Å². The van der Waals surface area contributed by atoms with Gasteiger partial charge in [0.15, 0.2) is 4.90 Å². The van der Waals surface area contributed by atoms with Crippen molar-refractivity contribution in [3.8, 4) is 5.75 Å². The molecule has 31 heavy (non-hydrogen) atoms. The number of sulfonamides is 1. The molecule has 0 N–H and O–H groups in total. The SMILES string of the molecule is COc1ccc(N(CC[C@@H](F)c2ccccc2)S(=O)(=O)c2ccccc2[N+](=O)[O-])cc1.